The van der Waals surface area contributed by atoms with Gasteiger partial charge in [-0.2, -0.15) is 0 Å². The molecule has 0 amide bonds. The van der Waals surface area contributed by atoms with E-state index in [4.69, 9.17) is 20.9 Å². The van der Waals surface area contributed by atoms with Crippen LogP contribution in [0.2, 0.25) is 0 Å². The van der Waals surface area contributed by atoms with Gasteiger partial charge in [0, 0.05) is 0 Å². The number of nitrogen functional groups attached to an aromatic ring is 2. The number of hydrogen-bond acceptors (Lipinski definition) is 4. The monoisotopic (exact) mass is 444 g/mol. The van der Waals surface area contributed by atoms with Crippen LogP contribution in [0.25, 0.3) is 22.3 Å². The molecule has 5 rings (SSSR count). The number of rotatable bonds is 6. The van der Waals surface area contributed by atoms with E-state index in [2.05, 4.69) is 36.4 Å². The molecule has 0 unspecified atom stereocenters. The minimum Gasteiger partial charge on any atom is -0.455 e. The molecule has 4 heteroatoms. The van der Waals surface area contributed by atoms with Gasteiger partial charge in [-0.1, -0.05) is 66.7 Å². The van der Waals surface area contributed by atoms with Crippen LogP contribution < -0.4 is 20.9 Å². The predicted molar refractivity (Wildman–Crippen MR) is 139 cm³/mol. The average molecular weight is 445 g/mol. The van der Waals surface area contributed by atoms with Gasteiger partial charge in [-0.3, -0.25) is 0 Å². The maximum absolute atomic E-state index is 6.03. The van der Waals surface area contributed by atoms with Crippen molar-refractivity contribution in [3.05, 3.63) is 121 Å². The second kappa shape index (κ2) is 9.43. The molecule has 0 aliphatic heterocycles. The molecule has 4 N–H and O–H groups in total. The molecule has 4 nitrogen and oxygen atoms in total. The van der Waals surface area contributed by atoms with E-state index in [-0.39, 0.29) is 0 Å². The van der Waals surface area contributed by atoms with Gasteiger partial charge in [0.15, 0.2) is 0 Å². The van der Waals surface area contributed by atoms with Crippen molar-refractivity contribution in [3.63, 3.8) is 0 Å². The number of benzene rings is 5. The van der Waals surface area contributed by atoms with E-state index in [0.29, 0.717) is 22.9 Å². The highest BCUT2D eigenvalue weighted by Gasteiger charge is 2.07. The van der Waals surface area contributed by atoms with Crippen molar-refractivity contribution >= 4 is 11.4 Å². The van der Waals surface area contributed by atoms with Crippen molar-refractivity contribution in [1.82, 2.24) is 0 Å². The lowest BCUT2D eigenvalue weighted by atomic mass is 9.99. The van der Waals surface area contributed by atoms with E-state index in [1.807, 2.05) is 84.9 Å². The van der Waals surface area contributed by atoms with Crippen molar-refractivity contribution in [3.8, 4) is 45.3 Å². The first kappa shape index (κ1) is 21.2. The Hall–Kier alpha value is -4.70. The third kappa shape index (κ3) is 4.71. The van der Waals surface area contributed by atoms with Gasteiger partial charge in [-0.15, -0.1) is 0 Å². The van der Waals surface area contributed by atoms with Crippen molar-refractivity contribution < 1.29 is 9.47 Å². The Bertz CT molecular complexity index is 1340. The van der Waals surface area contributed by atoms with E-state index < -0.39 is 0 Å². The van der Waals surface area contributed by atoms with Crippen LogP contribution in [0.4, 0.5) is 11.4 Å². The van der Waals surface area contributed by atoms with Crippen molar-refractivity contribution in [2.24, 2.45) is 0 Å². The summed E-state index contributed by atoms with van der Waals surface area (Å²) in [6, 6.07) is 39.3. The highest BCUT2D eigenvalue weighted by Crippen LogP contribution is 2.34. The van der Waals surface area contributed by atoms with Gasteiger partial charge in [0.05, 0.1) is 11.4 Å². The third-order valence-corrected chi connectivity index (χ3v) is 5.49. The smallest absolute Gasteiger partial charge is 0.150 e. The Morgan fingerprint density at radius 1 is 0.382 bits per heavy atom. The Labute approximate surface area is 199 Å². The zero-order chi connectivity index (χ0) is 23.3. The van der Waals surface area contributed by atoms with Gasteiger partial charge in [-0.25, -0.2) is 0 Å². The van der Waals surface area contributed by atoms with E-state index in [1.54, 1.807) is 0 Å². The fourth-order valence-electron chi connectivity index (χ4n) is 3.76. The fourth-order valence-corrected chi connectivity index (χ4v) is 3.76. The van der Waals surface area contributed by atoms with Crippen LogP contribution in [0.3, 0.4) is 0 Å². The van der Waals surface area contributed by atoms with Gasteiger partial charge >= 0.3 is 0 Å². The van der Waals surface area contributed by atoms with Gasteiger partial charge in [0.2, 0.25) is 0 Å². The molecule has 0 bridgehead atoms. The van der Waals surface area contributed by atoms with Crippen molar-refractivity contribution in [1.29, 1.82) is 0 Å². The van der Waals surface area contributed by atoms with Crippen LogP contribution in [-0.2, 0) is 0 Å². The van der Waals surface area contributed by atoms with Crippen molar-refractivity contribution in [2.45, 2.75) is 0 Å². The summed E-state index contributed by atoms with van der Waals surface area (Å²) in [5, 5.41) is 0. The molecular formula is C30H24N2O2. The third-order valence-electron chi connectivity index (χ3n) is 5.49. The lowest BCUT2D eigenvalue weighted by Crippen LogP contribution is -1.92. The molecule has 0 atom stereocenters. The summed E-state index contributed by atoms with van der Waals surface area (Å²) in [4.78, 5) is 0. The molecule has 5 aromatic rings. The van der Waals surface area contributed by atoms with Gasteiger partial charge in [0.25, 0.3) is 0 Å². The van der Waals surface area contributed by atoms with E-state index in [0.717, 1.165) is 33.8 Å². The standard InChI is InChI=1S/C30H24N2O2/c31-27-14-1-3-16-29(27)33-25-12-6-10-23(19-25)21-8-5-9-22(18-21)24-11-7-13-26(20-24)34-30-17-4-2-15-28(30)32/h1-20H,31-32H2. The molecule has 0 spiro atoms. The second-order valence-corrected chi connectivity index (χ2v) is 7.92. The number of para-hydroxylation sites is 4. The number of hydrogen-bond donors (Lipinski definition) is 2. The first-order valence-electron chi connectivity index (χ1n) is 11.0. The van der Waals surface area contributed by atoms with E-state index in [9.17, 15) is 0 Å². The molecule has 0 saturated heterocycles. The molecule has 0 saturated carbocycles. The van der Waals surface area contributed by atoms with Gasteiger partial charge in [-0.05, 0) is 76.9 Å². The minimum atomic E-state index is 0.606. The maximum atomic E-state index is 6.03. The number of nitrogens with two attached hydrogens (primary N) is 2. The Morgan fingerprint density at radius 3 is 1.21 bits per heavy atom. The Kier molecular flexibility index (Phi) is 5.87. The molecule has 34 heavy (non-hydrogen) atoms. The summed E-state index contributed by atoms with van der Waals surface area (Å²) >= 11 is 0. The zero-order valence-electron chi connectivity index (χ0n) is 18.5. The van der Waals surface area contributed by atoms with Crippen LogP contribution in [0, 0.1) is 0 Å². The van der Waals surface area contributed by atoms with Crippen LogP contribution >= 0.6 is 0 Å². The summed E-state index contributed by atoms with van der Waals surface area (Å²) in [5.41, 5.74) is 17.5. The van der Waals surface area contributed by atoms with E-state index in [1.165, 1.54) is 0 Å². The highest BCUT2D eigenvalue weighted by molar-refractivity contribution is 5.74. The summed E-state index contributed by atoms with van der Waals surface area (Å²) in [5.74, 6) is 2.75. The largest absolute Gasteiger partial charge is 0.455 e. The topological polar surface area (TPSA) is 70.5 Å². The van der Waals surface area contributed by atoms with Crippen LogP contribution in [0.1, 0.15) is 0 Å². The Morgan fingerprint density at radius 2 is 0.765 bits per heavy atom. The fraction of sp³-hybridized carbons (Fsp3) is 0. The minimum absolute atomic E-state index is 0.606. The molecule has 5 aromatic carbocycles. The number of ether oxygens (including phenoxy) is 2. The summed E-state index contributed by atoms with van der Waals surface area (Å²) in [7, 11) is 0. The van der Waals surface area contributed by atoms with Gasteiger partial charge in [0.1, 0.15) is 23.0 Å². The maximum Gasteiger partial charge on any atom is 0.150 e. The van der Waals surface area contributed by atoms with Crippen molar-refractivity contribution in [2.75, 3.05) is 11.5 Å². The van der Waals surface area contributed by atoms with Crippen LogP contribution in [-0.4, -0.2) is 0 Å². The van der Waals surface area contributed by atoms with E-state index >= 15 is 0 Å². The first-order valence-corrected chi connectivity index (χ1v) is 11.0. The predicted octanol–water partition coefficient (Wildman–Crippen LogP) is 7.77. The highest BCUT2D eigenvalue weighted by atomic mass is 16.5. The first-order chi connectivity index (χ1) is 16.7. The Balaban J connectivity index is 1.41. The lowest BCUT2D eigenvalue weighted by Gasteiger charge is -2.12. The quantitative estimate of drug-likeness (QED) is 0.262. The average Bonchev–Trinajstić information content (AvgIpc) is 2.87. The molecule has 0 aliphatic rings. The number of anilines is 2. The summed E-state index contributed by atoms with van der Waals surface area (Å²) in [6.45, 7) is 0. The second-order valence-electron chi connectivity index (χ2n) is 7.92. The van der Waals surface area contributed by atoms with Gasteiger partial charge < -0.3 is 20.9 Å². The molecule has 166 valence electrons. The van der Waals surface area contributed by atoms with Crippen LogP contribution in [0.5, 0.6) is 23.0 Å². The normalized spacial score (nSPS) is 10.6. The van der Waals surface area contributed by atoms with Crippen LogP contribution in [0.15, 0.2) is 121 Å². The lowest BCUT2D eigenvalue weighted by molar-refractivity contribution is 0.485. The molecule has 0 aliphatic carbocycles. The molecular weight excluding hydrogens is 420 g/mol. The zero-order valence-corrected chi connectivity index (χ0v) is 18.5. The molecule has 0 heterocycles. The molecule has 0 fully saturated rings. The summed E-state index contributed by atoms with van der Waals surface area (Å²) in [6.07, 6.45) is 0. The molecule has 0 aromatic heterocycles. The molecule has 0 radical (unpaired) electrons. The summed E-state index contributed by atoms with van der Waals surface area (Å²) < 4.78 is 12.0. The SMILES string of the molecule is Nc1ccccc1Oc1cccc(-c2cccc(-c3cccc(Oc4ccccc4N)c3)c2)c1.